The predicted molar refractivity (Wildman–Crippen MR) is 241 cm³/mol. The fourth-order valence-electron chi connectivity index (χ4n) is 11.2. The van der Waals surface area contributed by atoms with Crippen LogP contribution in [0.4, 0.5) is 17.3 Å². The van der Waals surface area contributed by atoms with Gasteiger partial charge in [-0.15, -0.1) is 0 Å². The fraction of sp³-hybridized carbons (Fsp3) is 0.522. The predicted octanol–water partition coefficient (Wildman–Crippen LogP) is 6.74. The zero-order valence-electron chi connectivity index (χ0n) is 35.7. The molecule has 1 spiro atoms. The van der Waals surface area contributed by atoms with Gasteiger partial charge in [-0.3, -0.25) is 28.8 Å². The van der Waals surface area contributed by atoms with Crippen molar-refractivity contribution in [3.05, 3.63) is 79.6 Å². The first-order valence-electron chi connectivity index (χ1n) is 22.4. The maximum atomic E-state index is 13.9. The molecule has 15 nitrogen and oxygen atoms in total. The maximum Gasteiger partial charge on any atom is 0.420 e. The summed E-state index contributed by atoms with van der Waals surface area (Å²) < 4.78 is 36.7. The summed E-state index contributed by atoms with van der Waals surface area (Å²) in [4.78, 5) is 64.8. The summed E-state index contributed by atoms with van der Waals surface area (Å²) in [6.45, 7) is 8.60. The molecule has 0 radical (unpaired) electrons. The Morgan fingerprint density at radius 1 is 0.921 bits per heavy atom. The number of halogens is 1. The number of fused-ring (bicyclic) bond motifs is 2. The number of likely N-dealkylation sites (tertiary alicyclic amines) is 1. The zero-order valence-corrected chi connectivity index (χ0v) is 37.3. The molecule has 1 unspecified atom stereocenters. The Morgan fingerprint density at radius 3 is 2.38 bits per heavy atom. The summed E-state index contributed by atoms with van der Waals surface area (Å²) >= 11 is 6.31. The van der Waals surface area contributed by atoms with Crippen LogP contribution >= 0.6 is 11.6 Å². The molecule has 1 atom stereocenters. The summed E-state index contributed by atoms with van der Waals surface area (Å²) in [5.74, 6) is -0.510. The van der Waals surface area contributed by atoms with Gasteiger partial charge in [-0.05, 0) is 138 Å². The van der Waals surface area contributed by atoms with Crippen molar-refractivity contribution in [1.82, 2.24) is 29.3 Å². The molecular formula is C46H53ClN8O7S. The zero-order chi connectivity index (χ0) is 43.8. The van der Waals surface area contributed by atoms with Crippen LogP contribution in [0, 0.1) is 25.2 Å². The highest BCUT2D eigenvalue weighted by Gasteiger charge is 2.51. The van der Waals surface area contributed by atoms with Crippen molar-refractivity contribution >= 4 is 72.7 Å². The Kier molecular flexibility index (Phi) is 10.8. The molecule has 3 aliphatic heterocycles. The van der Waals surface area contributed by atoms with Crippen molar-refractivity contribution in [2.24, 2.45) is 11.3 Å². The minimum atomic E-state index is -3.51. The number of benzene rings is 2. The van der Waals surface area contributed by atoms with E-state index in [1.807, 2.05) is 26.0 Å². The van der Waals surface area contributed by atoms with Gasteiger partial charge >= 0.3 is 5.76 Å². The number of aromatic nitrogens is 4. The number of hydrogen-bond acceptors (Lipinski definition) is 12. The molecule has 2 amide bonds. The highest BCUT2D eigenvalue weighted by Crippen LogP contribution is 2.53. The first kappa shape index (κ1) is 41.9. The largest absolute Gasteiger partial charge is 0.420 e. The van der Waals surface area contributed by atoms with E-state index in [0.29, 0.717) is 57.4 Å². The lowest BCUT2D eigenvalue weighted by molar-refractivity contribution is -0.135. The first-order chi connectivity index (χ1) is 30.3. The van der Waals surface area contributed by atoms with Crippen LogP contribution in [0.2, 0.25) is 5.02 Å². The van der Waals surface area contributed by atoms with Gasteiger partial charge in [0.1, 0.15) is 16.7 Å². The Labute approximate surface area is 370 Å². The van der Waals surface area contributed by atoms with Gasteiger partial charge in [0, 0.05) is 60.6 Å². The van der Waals surface area contributed by atoms with E-state index in [9.17, 15) is 27.6 Å². The molecule has 0 bridgehead atoms. The second-order valence-electron chi connectivity index (χ2n) is 18.7. The van der Waals surface area contributed by atoms with Crippen molar-refractivity contribution in [1.29, 1.82) is 0 Å². The van der Waals surface area contributed by atoms with E-state index < -0.39 is 27.5 Å². The highest BCUT2D eigenvalue weighted by atomic mass is 35.5. The number of hydrogen-bond donors (Lipinski definition) is 2. The molecule has 332 valence electrons. The van der Waals surface area contributed by atoms with Crippen molar-refractivity contribution in [3.63, 3.8) is 0 Å². The number of piperidine rings is 3. The average molecular weight is 897 g/mol. The number of amides is 2. The number of imide groups is 1. The van der Waals surface area contributed by atoms with Crippen LogP contribution in [0.1, 0.15) is 100 Å². The third kappa shape index (κ3) is 7.64. The lowest BCUT2D eigenvalue weighted by Gasteiger charge is -2.52. The summed E-state index contributed by atoms with van der Waals surface area (Å²) in [7, 11) is -3.51. The number of rotatable bonds is 9. The van der Waals surface area contributed by atoms with Crippen LogP contribution in [0.5, 0.6) is 0 Å². The molecule has 2 saturated carbocycles. The van der Waals surface area contributed by atoms with Gasteiger partial charge in [-0.1, -0.05) is 24.4 Å². The van der Waals surface area contributed by atoms with Crippen LogP contribution in [0.3, 0.4) is 0 Å². The molecule has 17 heteroatoms. The molecule has 10 rings (SSSR count). The number of anilines is 3. The Morgan fingerprint density at radius 2 is 1.67 bits per heavy atom. The first-order valence-corrected chi connectivity index (χ1v) is 24.3. The van der Waals surface area contributed by atoms with Gasteiger partial charge < -0.3 is 19.5 Å². The SMILES string of the molecule is Cc1cc(S(=O)(=O)C2CC3(CCN(CC4CCN(c5ccc6c(oc(=O)n6C6CCC(=O)NC6=O)c5C)CC4)CC3)C2)ccc1Nc1ncc2cc(Cl)c(=O)n(C3CCCC3)c2n1. The molecule has 3 aromatic heterocycles. The summed E-state index contributed by atoms with van der Waals surface area (Å²) in [6.07, 6.45) is 11.5. The van der Waals surface area contributed by atoms with Crippen LogP contribution in [-0.4, -0.2) is 82.2 Å². The number of nitrogens with one attached hydrogen (secondary N) is 2. The van der Waals surface area contributed by atoms with Crippen LogP contribution < -0.4 is 26.8 Å². The van der Waals surface area contributed by atoms with E-state index in [4.69, 9.17) is 21.0 Å². The van der Waals surface area contributed by atoms with Gasteiger partial charge in [0.05, 0.1) is 15.7 Å². The third-order valence-corrected chi connectivity index (χ3v) is 17.3. The fourth-order valence-corrected chi connectivity index (χ4v) is 13.5. The van der Waals surface area contributed by atoms with E-state index in [1.165, 1.54) is 4.57 Å². The smallest absolute Gasteiger partial charge is 0.407 e. The Bertz CT molecular complexity index is 2880. The molecule has 6 heterocycles. The highest BCUT2D eigenvalue weighted by molar-refractivity contribution is 7.92. The second kappa shape index (κ2) is 16.2. The van der Waals surface area contributed by atoms with Crippen LogP contribution in [0.25, 0.3) is 22.1 Å². The standard InChI is InChI=1S/C46H53ClN8O7S/c1-27-21-32(7-8-35(27)49-44-48-25-30-22-34(47)43(58)54(41(30)51-44)31-5-3-4-6-31)63(60,61)33-23-46(24-33)15-19-52(20-16-46)26-29-13-17-53(18-14-29)36-9-10-37-40(28(36)2)62-45(59)55(37)38-11-12-39(56)50-42(38)57/h7-10,21-22,25,29,31,33,38H,3-6,11-20,23-24,26H2,1-2H3,(H,48,49,51)(H,50,56,57). The third-order valence-electron chi connectivity index (χ3n) is 14.9. The quantitative estimate of drug-likeness (QED) is 0.149. The molecule has 5 fully saturated rings. The maximum absolute atomic E-state index is 13.9. The van der Waals surface area contributed by atoms with E-state index in [2.05, 4.69) is 25.4 Å². The van der Waals surface area contributed by atoms with Crippen molar-refractivity contribution in [2.75, 3.05) is 42.9 Å². The number of carbonyl (C=O) groups is 2. The molecule has 5 aliphatic rings. The lowest BCUT2D eigenvalue weighted by Crippen LogP contribution is -2.52. The minimum Gasteiger partial charge on any atom is -0.407 e. The van der Waals surface area contributed by atoms with Crippen LogP contribution in [-0.2, 0) is 19.4 Å². The van der Waals surface area contributed by atoms with Gasteiger partial charge in [-0.2, -0.15) is 4.98 Å². The molecule has 63 heavy (non-hydrogen) atoms. The normalized spacial score (nSPS) is 21.7. The number of oxazole rings is 1. The van der Waals surface area contributed by atoms with E-state index in [0.717, 1.165) is 101 Å². The molecule has 2 aromatic carbocycles. The van der Waals surface area contributed by atoms with E-state index in [-0.39, 0.29) is 46.0 Å². The topological polar surface area (TPSA) is 182 Å². The monoisotopic (exact) mass is 896 g/mol. The van der Waals surface area contributed by atoms with Crippen molar-refractivity contribution in [3.8, 4) is 0 Å². The molecule has 2 N–H and O–H groups in total. The summed E-state index contributed by atoms with van der Waals surface area (Å²) in [5.41, 5.74) is 4.78. The van der Waals surface area contributed by atoms with Gasteiger partial charge in [0.25, 0.3) is 5.56 Å². The second-order valence-corrected chi connectivity index (χ2v) is 21.4. The summed E-state index contributed by atoms with van der Waals surface area (Å²) in [5, 5.41) is 6.06. The lowest BCUT2D eigenvalue weighted by atomic mass is 9.63. The molecule has 3 saturated heterocycles. The number of carbonyl (C=O) groups excluding carboxylic acids is 2. The molecule has 5 aromatic rings. The van der Waals surface area contributed by atoms with Gasteiger partial charge in [-0.25, -0.2) is 18.2 Å². The van der Waals surface area contributed by atoms with Gasteiger partial charge in [0.15, 0.2) is 15.4 Å². The number of sulfone groups is 1. The molecule has 2 aliphatic carbocycles. The van der Waals surface area contributed by atoms with E-state index >= 15 is 0 Å². The Hall–Kier alpha value is -5.06. The molecular weight excluding hydrogens is 844 g/mol. The van der Waals surface area contributed by atoms with Gasteiger partial charge in [0.2, 0.25) is 17.8 Å². The van der Waals surface area contributed by atoms with E-state index in [1.54, 1.807) is 35.0 Å². The average Bonchev–Trinajstić information content (AvgIpc) is 3.90. The van der Waals surface area contributed by atoms with Crippen molar-refractivity contribution < 1.29 is 22.4 Å². The van der Waals surface area contributed by atoms with Crippen molar-refractivity contribution in [2.45, 2.75) is 113 Å². The minimum absolute atomic E-state index is 0.0483. The number of aryl methyl sites for hydroxylation is 2. The van der Waals surface area contributed by atoms with Crippen LogP contribution in [0.15, 0.2) is 61.5 Å². The Balaban J connectivity index is 0.720. The number of pyridine rings is 1. The number of nitrogens with zero attached hydrogens (tertiary/aromatic N) is 6. The summed E-state index contributed by atoms with van der Waals surface area (Å²) in [6, 6.07) is 9.95.